The summed E-state index contributed by atoms with van der Waals surface area (Å²) < 4.78 is 5.45. The van der Waals surface area contributed by atoms with Gasteiger partial charge in [-0.2, -0.15) is 5.26 Å². The van der Waals surface area contributed by atoms with Gasteiger partial charge in [-0.1, -0.05) is 12.1 Å². The van der Waals surface area contributed by atoms with Gasteiger partial charge >= 0.3 is 5.97 Å². The third-order valence-electron chi connectivity index (χ3n) is 3.72. The van der Waals surface area contributed by atoms with E-state index >= 15 is 0 Å². The van der Waals surface area contributed by atoms with Crippen LogP contribution in [0.4, 0.5) is 0 Å². The predicted octanol–water partition coefficient (Wildman–Crippen LogP) is 3.63. The molecule has 5 heteroatoms. The molecule has 0 saturated carbocycles. The van der Waals surface area contributed by atoms with Crippen molar-refractivity contribution in [1.82, 2.24) is 4.98 Å². The molecule has 0 aliphatic carbocycles. The van der Waals surface area contributed by atoms with Crippen molar-refractivity contribution in [2.45, 2.75) is 13.0 Å². The summed E-state index contributed by atoms with van der Waals surface area (Å²) in [6.45, 7) is 1.49. The van der Waals surface area contributed by atoms with Gasteiger partial charge < -0.3 is 9.84 Å². The van der Waals surface area contributed by atoms with E-state index in [0.29, 0.717) is 11.3 Å². The van der Waals surface area contributed by atoms with Gasteiger partial charge in [0.2, 0.25) is 0 Å². The van der Waals surface area contributed by atoms with Crippen molar-refractivity contribution in [3.8, 4) is 22.9 Å². The average molecular weight is 318 g/mol. The van der Waals surface area contributed by atoms with Gasteiger partial charge in [0, 0.05) is 23.3 Å². The highest BCUT2D eigenvalue weighted by Gasteiger charge is 2.13. The van der Waals surface area contributed by atoms with E-state index < -0.39 is 12.1 Å². The number of nitrogens with zero attached hydrogens (tertiary/aromatic N) is 2. The fourth-order valence-electron chi connectivity index (χ4n) is 2.43. The van der Waals surface area contributed by atoms with Crippen LogP contribution < -0.4 is 4.74 Å². The van der Waals surface area contributed by atoms with Gasteiger partial charge in [-0.25, -0.2) is 4.79 Å². The van der Waals surface area contributed by atoms with Crippen LogP contribution in [0, 0.1) is 11.3 Å². The fraction of sp³-hybridized carbons (Fsp3) is 0.105. The standard InChI is InChI=1S/C19H14N2O3/c1-12(19(22)23)24-16-7-6-15-10-21-11-18(17(15)8-16)14-4-2-13(9-20)3-5-14/h2-8,10-12H,1H3,(H,22,23). The number of aromatic nitrogens is 1. The monoisotopic (exact) mass is 318 g/mol. The minimum atomic E-state index is -1.02. The largest absolute Gasteiger partial charge is 0.479 e. The Kier molecular flexibility index (Phi) is 4.13. The molecule has 0 bridgehead atoms. The van der Waals surface area contributed by atoms with E-state index in [2.05, 4.69) is 11.1 Å². The van der Waals surface area contributed by atoms with Crippen LogP contribution in [-0.2, 0) is 4.79 Å². The number of aliphatic carboxylic acids is 1. The van der Waals surface area contributed by atoms with E-state index in [0.717, 1.165) is 21.9 Å². The van der Waals surface area contributed by atoms with Crippen LogP contribution in [0.2, 0.25) is 0 Å². The van der Waals surface area contributed by atoms with Crippen molar-refractivity contribution in [3.05, 3.63) is 60.4 Å². The summed E-state index contributed by atoms with van der Waals surface area (Å²) in [6.07, 6.45) is 2.56. The summed E-state index contributed by atoms with van der Waals surface area (Å²) in [5.41, 5.74) is 2.41. The molecule has 0 spiro atoms. The summed E-state index contributed by atoms with van der Waals surface area (Å²) in [4.78, 5) is 15.2. The zero-order chi connectivity index (χ0) is 17.1. The second-order valence-corrected chi connectivity index (χ2v) is 5.36. The number of carboxylic acid groups (broad SMARTS) is 1. The Labute approximate surface area is 138 Å². The van der Waals surface area contributed by atoms with Gasteiger partial charge in [-0.15, -0.1) is 0 Å². The van der Waals surface area contributed by atoms with E-state index in [-0.39, 0.29) is 0 Å². The van der Waals surface area contributed by atoms with Gasteiger partial charge in [0.15, 0.2) is 6.10 Å². The second kappa shape index (κ2) is 6.39. The Bertz CT molecular complexity index is 943. The molecule has 1 atom stereocenters. The van der Waals surface area contributed by atoms with Crippen LogP contribution in [0.5, 0.6) is 5.75 Å². The van der Waals surface area contributed by atoms with Gasteiger partial charge in [-0.3, -0.25) is 4.98 Å². The number of rotatable bonds is 4. The lowest BCUT2D eigenvalue weighted by Gasteiger charge is -2.12. The lowest BCUT2D eigenvalue weighted by Crippen LogP contribution is -2.22. The molecule has 0 saturated heterocycles. The van der Waals surface area contributed by atoms with Crippen molar-refractivity contribution < 1.29 is 14.6 Å². The minimum Gasteiger partial charge on any atom is -0.479 e. The minimum absolute atomic E-state index is 0.485. The van der Waals surface area contributed by atoms with Crippen LogP contribution in [0.25, 0.3) is 21.9 Å². The van der Waals surface area contributed by atoms with Crippen molar-refractivity contribution in [3.63, 3.8) is 0 Å². The number of pyridine rings is 1. The smallest absolute Gasteiger partial charge is 0.344 e. The summed E-state index contributed by atoms with van der Waals surface area (Å²) in [7, 11) is 0. The van der Waals surface area contributed by atoms with E-state index in [1.54, 1.807) is 30.6 Å². The Morgan fingerprint density at radius 3 is 2.62 bits per heavy atom. The molecule has 2 aromatic carbocycles. The first-order chi connectivity index (χ1) is 11.6. The van der Waals surface area contributed by atoms with Gasteiger partial charge in [-0.05, 0) is 48.2 Å². The van der Waals surface area contributed by atoms with E-state index in [1.165, 1.54) is 6.92 Å². The number of carboxylic acids is 1. The molecule has 0 fully saturated rings. The molecule has 1 N–H and O–H groups in total. The Hall–Kier alpha value is -3.39. The molecule has 3 aromatic rings. The SMILES string of the molecule is CC(Oc1ccc2cncc(-c3ccc(C#N)cc3)c2c1)C(=O)O. The lowest BCUT2D eigenvalue weighted by molar-refractivity contribution is -0.144. The van der Waals surface area contributed by atoms with E-state index in [9.17, 15) is 4.79 Å². The van der Waals surface area contributed by atoms with Crippen LogP contribution in [-0.4, -0.2) is 22.2 Å². The molecule has 0 amide bonds. The summed E-state index contributed by atoms with van der Waals surface area (Å²) in [6, 6.07) is 14.7. The predicted molar refractivity (Wildman–Crippen MR) is 89.6 cm³/mol. The van der Waals surface area contributed by atoms with Crippen molar-refractivity contribution in [1.29, 1.82) is 5.26 Å². The first-order valence-corrected chi connectivity index (χ1v) is 7.36. The molecule has 118 valence electrons. The van der Waals surface area contributed by atoms with E-state index in [1.807, 2.05) is 24.3 Å². The molecule has 5 nitrogen and oxygen atoms in total. The molecule has 0 radical (unpaired) electrons. The Balaban J connectivity index is 2.07. The fourth-order valence-corrected chi connectivity index (χ4v) is 2.43. The van der Waals surface area contributed by atoms with Crippen molar-refractivity contribution in [2.75, 3.05) is 0 Å². The first kappa shape index (κ1) is 15.5. The van der Waals surface area contributed by atoms with Crippen LogP contribution in [0.15, 0.2) is 54.9 Å². The number of ether oxygens (including phenoxy) is 1. The number of hydrogen-bond donors (Lipinski definition) is 1. The number of fused-ring (bicyclic) bond motifs is 1. The third-order valence-corrected chi connectivity index (χ3v) is 3.72. The highest BCUT2D eigenvalue weighted by molar-refractivity contribution is 5.96. The normalized spacial score (nSPS) is 11.7. The number of carbonyl (C=O) groups is 1. The summed E-state index contributed by atoms with van der Waals surface area (Å²) in [5.74, 6) is -0.532. The first-order valence-electron chi connectivity index (χ1n) is 7.36. The Morgan fingerprint density at radius 1 is 1.21 bits per heavy atom. The van der Waals surface area contributed by atoms with Crippen LogP contribution in [0.3, 0.4) is 0 Å². The van der Waals surface area contributed by atoms with E-state index in [4.69, 9.17) is 15.1 Å². The topological polar surface area (TPSA) is 83.2 Å². The molecule has 1 heterocycles. The summed E-state index contributed by atoms with van der Waals surface area (Å²) >= 11 is 0. The van der Waals surface area contributed by atoms with Gasteiger partial charge in [0.25, 0.3) is 0 Å². The highest BCUT2D eigenvalue weighted by Crippen LogP contribution is 2.30. The maximum absolute atomic E-state index is 11.0. The molecular weight excluding hydrogens is 304 g/mol. The maximum atomic E-state index is 11.0. The number of benzene rings is 2. The van der Waals surface area contributed by atoms with Crippen molar-refractivity contribution >= 4 is 16.7 Å². The van der Waals surface area contributed by atoms with Crippen LogP contribution in [0.1, 0.15) is 12.5 Å². The number of hydrogen-bond acceptors (Lipinski definition) is 4. The number of nitriles is 1. The molecular formula is C19H14N2O3. The zero-order valence-corrected chi connectivity index (χ0v) is 12.9. The highest BCUT2D eigenvalue weighted by atomic mass is 16.5. The van der Waals surface area contributed by atoms with Gasteiger partial charge in [0.1, 0.15) is 5.75 Å². The third kappa shape index (κ3) is 3.03. The molecule has 24 heavy (non-hydrogen) atoms. The Morgan fingerprint density at radius 2 is 1.96 bits per heavy atom. The quantitative estimate of drug-likeness (QED) is 0.794. The molecule has 0 aliphatic rings. The van der Waals surface area contributed by atoms with Crippen LogP contribution >= 0.6 is 0 Å². The van der Waals surface area contributed by atoms with Crippen molar-refractivity contribution in [2.24, 2.45) is 0 Å². The van der Waals surface area contributed by atoms with Gasteiger partial charge in [0.05, 0.1) is 11.6 Å². The maximum Gasteiger partial charge on any atom is 0.344 e. The average Bonchev–Trinajstić information content (AvgIpc) is 2.61. The molecule has 1 unspecified atom stereocenters. The summed E-state index contributed by atoms with van der Waals surface area (Å²) in [5, 5.41) is 19.7. The molecule has 0 aliphatic heterocycles. The molecule has 1 aromatic heterocycles. The zero-order valence-electron chi connectivity index (χ0n) is 12.9. The molecule has 3 rings (SSSR count). The lowest BCUT2D eigenvalue weighted by atomic mass is 10.00. The second-order valence-electron chi connectivity index (χ2n) is 5.36.